The molecule has 2 saturated carbocycles. The monoisotopic (exact) mass is 699 g/mol. The molecule has 9 nitrogen and oxygen atoms in total. The van der Waals surface area contributed by atoms with Gasteiger partial charge < -0.3 is 24.6 Å². The number of benzene rings is 2. The summed E-state index contributed by atoms with van der Waals surface area (Å²) in [5.41, 5.74) is 0.561. The second-order valence-electron chi connectivity index (χ2n) is 15.0. The molecule has 3 unspecified atom stereocenters. The van der Waals surface area contributed by atoms with E-state index in [1.54, 1.807) is 0 Å². The molecule has 3 aromatic rings. The molecule has 11 heteroatoms. The average Bonchev–Trinajstić information content (AvgIpc) is 3.74. The molecule has 0 radical (unpaired) electrons. The molecule has 4 heterocycles. The lowest BCUT2D eigenvalue weighted by atomic mass is 9.75. The van der Waals surface area contributed by atoms with Crippen molar-refractivity contribution in [2.45, 2.75) is 76.4 Å². The van der Waals surface area contributed by atoms with Crippen LogP contribution in [0.15, 0.2) is 29.3 Å². The number of aromatic hydroxyl groups is 1. The molecule has 3 atom stereocenters. The molecule has 0 amide bonds. The number of methoxy groups -OCH3 is 1. The molecule has 3 aliphatic heterocycles. The molecule has 0 spiro atoms. The second kappa shape index (κ2) is 14.2. The molecule has 1 aromatic heterocycles. The predicted molar refractivity (Wildman–Crippen MR) is 193 cm³/mol. The fourth-order valence-corrected chi connectivity index (χ4v) is 9.63. The van der Waals surface area contributed by atoms with Crippen molar-refractivity contribution in [1.29, 1.82) is 0 Å². The summed E-state index contributed by atoms with van der Waals surface area (Å²) in [7, 11) is 1.48. The molecule has 51 heavy (non-hydrogen) atoms. The zero-order valence-electron chi connectivity index (χ0n) is 29.4. The highest BCUT2D eigenvalue weighted by atomic mass is 19.1. The van der Waals surface area contributed by atoms with Gasteiger partial charge in [-0.25, -0.2) is 18.8 Å². The molecule has 2 N–H and O–H groups in total. The zero-order chi connectivity index (χ0) is 35.1. The maximum atomic E-state index is 17.2. The maximum absolute atomic E-state index is 17.2. The third-order valence-corrected chi connectivity index (χ3v) is 12.0. The van der Waals surface area contributed by atoms with Crippen molar-refractivity contribution in [1.82, 2.24) is 14.8 Å². The van der Waals surface area contributed by atoms with Crippen molar-refractivity contribution in [3.8, 4) is 35.2 Å². The Morgan fingerprint density at radius 1 is 1.06 bits per heavy atom. The van der Waals surface area contributed by atoms with Gasteiger partial charge in [0.1, 0.15) is 23.4 Å². The number of ether oxygens (including phenoxy) is 3. The van der Waals surface area contributed by atoms with Crippen LogP contribution in [0.25, 0.3) is 22.0 Å². The Bertz CT molecular complexity index is 1870. The number of aliphatic imine (C=N–C) groups is 1. The van der Waals surface area contributed by atoms with Crippen molar-refractivity contribution < 1.29 is 28.1 Å². The van der Waals surface area contributed by atoms with Gasteiger partial charge in [0.2, 0.25) is 5.88 Å². The molecule has 4 fully saturated rings. The van der Waals surface area contributed by atoms with Gasteiger partial charge in [-0.05, 0) is 81.0 Å². The number of nitrogens with zero attached hydrogens (tertiary/aromatic N) is 4. The standard InChI is InChI=1S/C40H47F2N5O4/c1-3-28-30(41)13-12-26-21-27(48)22-29(32(26)28)35-34(42)36-33(38(43-35)49-2)37(46-17-8-19-50-20-18-46)45-39(44-36)51-24-40-14-6-11-31(40)47(16-7-15-40)23-25-9-4-5-10-25/h1,12-13,21-22,25,31,37,48H,4-11,14-20,23-24H2,2H3,(H,44,45). The molecule has 2 aromatic carbocycles. The second-order valence-corrected chi connectivity index (χ2v) is 15.0. The predicted octanol–water partition coefficient (Wildman–Crippen LogP) is 7.22. The number of likely N-dealkylation sites (tertiary alicyclic amines) is 1. The minimum atomic E-state index is -0.700. The number of halogens is 2. The normalized spacial score (nSPS) is 25.8. The number of rotatable bonds is 7. The van der Waals surface area contributed by atoms with E-state index >= 15 is 8.78 Å². The summed E-state index contributed by atoms with van der Waals surface area (Å²) in [4.78, 5) is 14.6. The van der Waals surface area contributed by atoms with E-state index in [-0.39, 0.29) is 51.0 Å². The number of anilines is 1. The molecular weight excluding hydrogens is 652 g/mol. The lowest BCUT2D eigenvalue weighted by Crippen LogP contribution is -2.53. The molecular formula is C40H47F2N5O4. The first-order valence-corrected chi connectivity index (χ1v) is 18.6. The molecule has 5 aliphatic rings. The number of phenols is 1. The Balaban J connectivity index is 1.18. The highest BCUT2D eigenvalue weighted by Gasteiger charge is 2.49. The van der Waals surface area contributed by atoms with Gasteiger partial charge in [-0.2, -0.15) is 0 Å². The highest BCUT2D eigenvalue weighted by Crippen LogP contribution is 2.50. The Hall–Kier alpha value is -3.98. The van der Waals surface area contributed by atoms with E-state index in [1.165, 1.54) is 76.4 Å². The molecule has 0 bridgehead atoms. The van der Waals surface area contributed by atoms with Crippen LogP contribution in [0, 0.1) is 35.3 Å². The SMILES string of the molecule is C#Cc1c(F)ccc2cc(O)cc(-c3nc(OC)c4c(c3F)NC(OCC35CCCC3N(CC3CCCC3)CCC5)=NC4N3CCCOCC3)c12. The molecule has 2 aliphatic carbocycles. The first-order valence-electron chi connectivity index (χ1n) is 18.6. The number of pyridine rings is 1. The van der Waals surface area contributed by atoms with Crippen molar-refractivity contribution in [3.05, 3.63) is 47.0 Å². The van der Waals surface area contributed by atoms with Crippen molar-refractivity contribution in [3.63, 3.8) is 0 Å². The first kappa shape index (κ1) is 34.1. The van der Waals surface area contributed by atoms with Crippen molar-refractivity contribution in [2.75, 3.05) is 58.4 Å². The topological polar surface area (TPSA) is 91.7 Å². The van der Waals surface area contributed by atoms with E-state index in [9.17, 15) is 5.11 Å². The van der Waals surface area contributed by atoms with Gasteiger partial charge >= 0.3 is 0 Å². The Kier molecular flexibility index (Phi) is 9.51. The average molecular weight is 700 g/mol. The van der Waals surface area contributed by atoms with Crippen molar-refractivity contribution >= 4 is 22.5 Å². The third kappa shape index (κ3) is 6.30. The van der Waals surface area contributed by atoms with Crippen LogP contribution in [0.4, 0.5) is 14.5 Å². The van der Waals surface area contributed by atoms with Gasteiger partial charge in [-0.1, -0.05) is 31.2 Å². The van der Waals surface area contributed by atoms with Crippen LogP contribution < -0.4 is 10.1 Å². The van der Waals surface area contributed by atoms with Crippen LogP contribution in [0.5, 0.6) is 11.6 Å². The van der Waals surface area contributed by atoms with Crippen LogP contribution in [0.2, 0.25) is 0 Å². The van der Waals surface area contributed by atoms with Gasteiger partial charge in [0.25, 0.3) is 6.02 Å². The number of phenolic OH excluding ortho intramolecular Hbond substituents is 1. The summed E-state index contributed by atoms with van der Waals surface area (Å²) in [6.45, 7) is 5.21. The van der Waals surface area contributed by atoms with Crippen LogP contribution in [-0.2, 0) is 9.47 Å². The van der Waals surface area contributed by atoms with Crippen LogP contribution >= 0.6 is 0 Å². The molecule has 270 valence electrons. The Morgan fingerprint density at radius 2 is 1.90 bits per heavy atom. The number of terminal acetylenes is 1. The summed E-state index contributed by atoms with van der Waals surface area (Å²) in [5, 5.41) is 14.6. The van der Waals surface area contributed by atoms with E-state index < -0.39 is 17.8 Å². The number of amidine groups is 1. The van der Waals surface area contributed by atoms with Gasteiger partial charge in [-0.3, -0.25) is 9.80 Å². The summed E-state index contributed by atoms with van der Waals surface area (Å²) >= 11 is 0. The minimum Gasteiger partial charge on any atom is -0.508 e. The van der Waals surface area contributed by atoms with Crippen LogP contribution in [0.3, 0.4) is 0 Å². The van der Waals surface area contributed by atoms with Gasteiger partial charge in [0.15, 0.2) is 5.82 Å². The van der Waals surface area contributed by atoms with E-state index in [0.29, 0.717) is 49.9 Å². The van der Waals surface area contributed by atoms with Crippen LogP contribution in [0.1, 0.15) is 81.5 Å². The molecule has 2 saturated heterocycles. The minimum absolute atomic E-state index is 0.0170. The van der Waals surface area contributed by atoms with E-state index in [0.717, 1.165) is 38.1 Å². The quantitative estimate of drug-likeness (QED) is 0.250. The lowest BCUT2D eigenvalue weighted by molar-refractivity contribution is -0.00871. The first-order chi connectivity index (χ1) is 24.9. The number of nitrogens with one attached hydrogen (secondary N) is 1. The zero-order valence-corrected chi connectivity index (χ0v) is 29.4. The van der Waals surface area contributed by atoms with Gasteiger partial charge in [-0.15, -0.1) is 6.42 Å². The Labute approximate surface area is 298 Å². The number of hydrogen-bond donors (Lipinski definition) is 2. The highest BCUT2D eigenvalue weighted by molar-refractivity contribution is 6.02. The number of piperidine rings is 1. The van der Waals surface area contributed by atoms with Crippen molar-refractivity contribution in [2.24, 2.45) is 16.3 Å². The number of aromatic nitrogens is 1. The summed E-state index contributed by atoms with van der Waals surface area (Å²) in [5.74, 6) is 1.91. The third-order valence-electron chi connectivity index (χ3n) is 12.0. The Morgan fingerprint density at radius 3 is 2.73 bits per heavy atom. The molecule has 8 rings (SSSR count). The largest absolute Gasteiger partial charge is 0.508 e. The van der Waals surface area contributed by atoms with Gasteiger partial charge in [0, 0.05) is 48.6 Å². The van der Waals surface area contributed by atoms with E-state index in [2.05, 4.69) is 26.0 Å². The van der Waals surface area contributed by atoms with Gasteiger partial charge in [0.05, 0.1) is 37.1 Å². The van der Waals surface area contributed by atoms with E-state index in [4.69, 9.17) is 25.6 Å². The maximum Gasteiger partial charge on any atom is 0.291 e. The summed E-state index contributed by atoms with van der Waals surface area (Å²) in [6.07, 6.45) is 17.0. The smallest absolute Gasteiger partial charge is 0.291 e. The van der Waals surface area contributed by atoms with E-state index in [1.807, 2.05) is 0 Å². The fraction of sp³-hybridized carbons (Fsp3) is 0.550. The number of fused-ring (bicyclic) bond motifs is 3. The summed E-state index contributed by atoms with van der Waals surface area (Å²) in [6, 6.07) is 6.30. The lowest BCUT2D eigenvalue weighted by Gasteiger charge is -2.47. The van der Waals surface area contributed by atoms with Crippen LogP contribution in [-0.4, -0.2) is 85.1 Å². The fourth-order valence-electron chi connectivity index (χ4n) is 9.63. The number of hydrogen-bond acceptors (Lipinski definition) is 9. The summed E-state index contributed by atoms with van der Waals surface area (Å²) < 4.78 is 50.6.